The van der Waals surface area contributed by atoms with Gasteiger partial charge in [-0.15, -0.1) is 0 Å². The van der Waals surface area contributed by atoms with Gasteiger partial charge in [0.25, 0.3) is 5.91 Å². The van der Waals surface area contributed by atoms with Gasteiger partial charge in [0.2, 0.25) is 5.78 Å². The van der Waals surface area contributed by atoms with E-state index in [1.807, 2.05) is 0 Å². The summed E-state index contributed by atoms with van der Waals surface area (Å²) in [5.74, 6) is -9.88. The minimum absolute atomic E-state index is 0.0492. The molecule has 0 bridgehead atoms. The van der Waals surface area contributed by atoms with Gasteiger partial charge in [0.1, 0.15) is 34.3 Å². The van der Waals surface area contributed by atoms with Crippen molar-refractivity contribution in [1.82, 2.24) is 4.90 Å². The Hall–Kier alpha value is -3.22. The highest BCUT2D eigenvalue weighted by atomic mass is 79.9. The first kappa shape index (κ1) is 25.9. The van der Waals surface area contributed by atoms with Crippen molar-refractivity contribution in [3.63, 3.8) is 0 Å². The number of benzene rings is 1. The number of rotatable bonds is 4. The molecule has 1 aromatic carbocycles. The third-order valence-corrected chi connectivity index (χ3v) is 7.80. The molecule has 0 unspecified atom stereocenters. The summed E-state index contributed by atoms with van der Waals surface area (Å²) in [6, 6.07) is 3.06. The summed E-state index contributed by atoms with van der Waals surface area (Å²) in [5.41, 5.74) is 1.40. The average Bonchev–Trinajstić information content (AvgIpc) is 2.80. The van der Waals surface area contributed by atoms with Gasteiger partial charge >= 0.3 is 5.97 Å². The van der Waals surface area contributed by atoms with Crippen LogP contribution in [0.4, 0.5) is 0 Å². The maximum absolute atomic E-state index is 14.0. The van der Waals surface area contributed by atoms with Crippen LogP contribution in [0.3, 0.4) is 0 Å². The van der Waals surface area contributed by atoms with Crippen LogP contribution >= 0.6 is 15.9 Å². The molecule has 0 saturated heterocycles. The van der Waals surface area contributed by atoms with Crippen LogP contribution in [0.1, 0.15) is 24.0 Å². The van der Waals surface area contributed by atoms with E-state index in [1.165, 1.54) is 25.1 Å². The molecule has 11 nitrogen and oxygen atoms in total. The smallest absolute Gasteiger partial charge is 0.316 e. The van der Waals surface area contributed by atoms with Crippen molar-refractivity contribution in [2.75, 3.05) is 19.4 Å². The van der Waals surface area contributed by atoms with Crippen molar-refractivity contribution >= 4 is 45.1 Å². The van der Waals surface area contributed by atoms with Gasteiger partial charge in [-0.1, -0.05) is 35.0 Å². The zero-order valence-electron chi connectivity index (χ0n) is 19.6. The maximum Gasteiger partial charge on any atom is 0.316 e. The van der Waals surface area contributed by atoms with Crippen molar-refractivity contribution in [1.29, 1.82) is 0 Å². The van der Waals surface area contributed by atoms with Gasteiger partial charge in [-0.2, -0.15) is 0 Å². The van der Waals surface area contributed by atoms with E-state index in [2.05, 4.69) is 15.9 Å². The first-order chi connectivity index (χ1) is 16.8. The Balaban J connectivity index is 2.11. The number of likely N-dealkylation sites (N-methyl/N-ethyl adjacent to an activating group) is 1. The summed E-state index contributed by atoms with van der Waals surface area (Å²) in [5, 5.41) is 44.2. The van der Waals surface area contributed by atoms with Crippen LogP contribution in [-0.4, -0.2) is 85.9 Å². The molecule has 6 N–H and O–H groups in total. The van der Waals surface area contributed by atoms with E-state index < -0.39 is 81.6 Å². The van der Waals surface area contributed by atoms with Crippen LogP contribution in [0.5, 0.6) is 5.75 Å². The number of hydrogen-bond donors (Lipinski definition) is 5. The quantitative estimate of drug-likeness (QED) is 0.195. The highest BCUT2D eigenvalue weighted by Gasteiger charge is 2.69. The fourth-order valence-corrected chi connectivity index (χ4v) is 6.00. The molecule has 1 aromatic rings. The molecule has 4 rings (SSSR count). The van der Waals surface area contributed by atoms with Crippen molar-refractivity contribution in [3.8, 4) is 5.75 Å². The molecule has 0 heterocycles. The van der Waals surface area contributed by atoms with Crippen LogP contribution in [0.25, 0.3) is 5.76 Å². The minimum atomic E-state index is -2.95. The van der Waals surface area contributed by atoms with Crippen molar-refractivity contribution < 1.29 is 44.3 Å². The number of primary amides is 1. The molecule has 0 aromatic heterocycles. The normalized spacial score (nSPS) is 31.7. The molecule has 6 atom stereocenters. The number of carbonyl (C=O) groups excluding carboxylic acids is 4. The van der Waals surface area contributed by atoms with Crippen LogP contribution < -0.4 is 5.73 Å². The number of alkyl halides is 1. The number of esters is 1. The van der Waals surface area contributed by atoms with Gasteiger partial charge in [0.15, 0.2) is 11.4 Å². The predicted molar refractivity (Wildman–Crippen MR) is 128 cm³/mol. The van der Waals surface area contributed by atoms with E-state index in [0.717, 1.165) is 0 Å². The van der Waals surface area contributed by atoms with Gasteiger partial charge in [-0.25, -0.2) is 0 Å². The molecule has 192 valence electrons. The summed E-state index contributed by atoms with van der Waals surface area (Å²) >= 11 is 3.01. The first-order valence-corrected chi connectivity index (χ1v) is 12.1. The van der Waals surface area contributed by atoms with E-state index in [0.29, 0.717) is 5.56 Å². The van der Waals surface area contributed by atoms with E-state index in [9.17, 15) is 39.6 Å². The van der Waals surface area contributed by atoms with Gasteiger partial charge in [-0.3, -0.25) is 24.1 Å². The Morgan fingerprint density at radius 1 is 1.19 bits per heavy atom. The molecule has 0 aliphatic heterocycles. The molecule has 3 aliphatic rings. The molecule has 3 aliphatic carbocycles. The number of fused-ring (bicyclic) bond motifs is 3. The van der Waals surface area contributed by atoms with Crippen molar-refractivity contribution in [3.05, 3.63) is 46.2 Å². The van der Waals surface area contributed by atoms with Gasteiger partial charge < -0.3 is 30.9 Å². The highest BCUT2D eigenvalue weighted by molar-refractivity contribution is 9.09. The lowest BCUT2D eigenvalue weighted by atomic mass is 9.54. The third kappa shape index (κ3) is 3.31. The number of Topliss-reactive ketones (excluding diaryl/α,β-unsaturated/α-hetero) is 2. The Morgan fingerprint density at radius 2 is 1.83 bits per heavy atom. The standard InChI is InChI=1S/C24H25BrN2O9/c1-8-9-5-4-6-10(28)13(9)18(30)14-12(8)20(36-11(29)7-25)16-17(27(2)3)19(31)15(23(26)34)22(33)24(16,35)21(14)32/h4-6,8,12,16-17,20,28,30,33,35H,7H2,1-3H3,(H2,26,34)/t8-,12+,16+,17-,20-,24-/m0/s1. The van der Waals surface area contributed by atoms with Crippen LogP contribution in [0, 0.1) is 11.8 Å². The molecule has 1 amide bonds. The number of carbonyl (C=O) groups is 4. The number of halogens is 1. The molecule has 36 heavy (non-hydrogen) atoms. The number of aliphatic hydroxyl groups excluding tert-OH is 2. The predicted octanol–water partition coefficient (Wildman–Crippen LogP) is 0.442. The molecule has 1 saturated carbocycles. The van der Waals surface area contributed by atoms with E-state index >= 15 is 0 Å². The number of hydrogen-bond acceptors (Lipinski definition) is 10. The number of aliphatic hydroxyl groups is 3. The fraction of sp³-hybridized carbons (Fsp3) is 0.417. The SMILES string of the molecule is C[C@H]1c2cccc(O)c2C(O)=C2C(=O)[C@]3(O)C(O)=C(C(N)=O)C(=O)[C@@H](N(C)C)[C@@H]3[C@@H](OC(=O)CBr)[C@@H]21. The minimum Gasteiger partial charge on any atom is -0.508 e. The summed E-state index contributed by atoms with van der Waals surface area (Å²) in [6.45, 7) is 1.68. The number of ketones is 2. The molecule has 0 radical (unpaired) electrons. The molecule has 1 fully saturated rings. The second kappa shape index (κ2) is 8.71. The fourth-order valence-electron chi connectivity index (χ4n) is 5.87. The number of phenols is 1. The maximum atomic E-state index is 14.0. The number of ether oxygens (including phenoxy) is 1. The average molecular weight is 565 g/mol. The number of nitrogens with two attached hydrogens (primary N) is 1. The zero-order chi connectivity index (χ0) is 26.9. The van der Waals surface area contributed by atoms with Gasteiger partial charge in [0.05, 0.1) is 17.5 Å². The van der Waals surface area contributed by atoms with Crippen LogP contribution in [-0.2, 0) is 23.9 Å². The van der Waals surface area contributed by atoms with Crippen molar-refractivity contribution in [2.24, 2.45) is 17.6 Å². The lowest BCUT2D eigenvalue weighted by molar-refractivity contribution is -0.183. The summed E-state index contributed by atoms with van der Waals surface area (Å²) in [4.78, 5) is 53.3. The molecular weight excluding hydrogens is 540 g/mol. The first-order valence-electron chi connectivity index (χ1n) is 11.0. The third-order valence-electron chi connectivity index (χ3n) is 7.34. The van der Waals surface area contributed by atoms with Crippen LogP contribution in [0.15, 0.2) is 35.1 Å². The zero-order valence-corrected chi connectivity index (χ0v) is 21.1. The monoisotopic (exact) mass is 564 g/mol. The topological polar surface area (TPSA) is 188 Å². The van der Waals surface area contributed by atoms with Crippen LogP contribution in [0.2, 0.25) is 0 Å². The summed E-state index contributed by atoms with van der Waals surface area (Å²) < 4.78 is 5.70. The Labute approximate surface area is 214 Å². The Bertz CT molecular complexity index is 1270. The number of amides is 1. The largest absolute Gasteiger partial charge is 0.508 e. The second-order valence-electron chi connectivity index (χ2n) is 9.39. The Kier molecular flexibility index (Phi) is 6.26. The summed E-state index contributed by atoms with van der Waals surface area (Å²) in [6.07, 6.45) is -1.42. The number of phenolic OH excluding ortho intramolecular Hbond substituents is 1. The van der Waals surface area contributed by atoms with E-state index in [1.54, 1.807) is 19.1 Å². The lowest BCUT2D eigenvalue weighted by Crippen LogP contribution is -2.71. The lowest BCUT2D eigenvalue weighted by Gasteiger charge is -2.54. The molecule has 0 spiro atoms. The van der Waals surface area contributed by atoms with Crippen molar-refractivity contribution in [2.45, 2.75) is 30.6 Å². The number of aromatic hydroxyl groups is 1. The second-order valence-corrected chi connectivity index (χ2v) is 9.95. The molecule has 12 heteroatoms. The van der Waals surface area contributed by atoms with E-state index in [-0.39, 0.29) is 16.6 Å². The number of nitrogens with zero attached hydrogens (tertiary/aromatic N) is 1. The highest BCUT2D eigenvalue weighted by Crippen LogP contribution is 2.56. The van der Waals surface area contributed by atoms with Gasteiger partial charge in [-0.05, 0) is 31.6 Å². The Morgan fingerprint density at radius 3 is 2.39 bits per heavy atom. The van der Waals surface area contributed by atoms with Gasteiger partial charge in [0, 0.05) is 11.5 Å². The molecular formula is C24H25BrN2O9. The van der Waals surface area contributed by atoms with E-state index in [4.69, 9.17) is 10.5 Å². The summed E-state index contributed by atoms with van der Waals surface area (Å²) in [7, 11) is 2.91.